The summed E-state index contributed by atoms with van der Waals surface area (Å²) >= 11 is 6.02. The van der Waals surface area contributed by atoms with Gasteiger partial charge in [-0.15, -0.1) is 0 Å². The summed E-state index contributed by atoms with van der Waals surface area (Å²) in [4.78, 5) is 31.4. The largest absolute Gasteiger partial charge is 0.492 e. The zero-order chi connectivity index (χ0) is 28.6. The Balaban J connectivity index is 1.17. The summed E-state index contributed by atoms with van der Waals surface area (Å²) in [6, 6.07) is 24.2. The highest BCUT2D eigenvalue weighted by atomic mass is 35.5. The molecule has 0 aliphatic carbocycles. The van der Waals surface area contributed by atoms with Gasteiger partial charge in [0.05, 0.1) is 30.2 Å². The first-order valence-electron chi connectivity index (χ1n) is 13.6. The first kappa shape index (κ1) is 28.1. The van der Waals surface area contributed by atoms with Crippen LogP contribution in [0.5, 0.6) is 5.75 Å². The van der Waals surface area contributed by atoms with Gasteiger partial charge in [-0.1, -0.05) is 54.1 Å². The fourth-order valence-corrected chi connectivity index (χ4v) is 5.08. The highest BCUT2D eigenvalue weighted by molar-refractivity contribution is 6.31. The Morgan fingerprint density at radius 2 is 1.95 bits per heavy atom. The topological polar surface area (TPSA) is 100 Å². The van der Waals surface area contributed by atoms with Crippen molar-refractivity contribution in [1.82, 2.24) is 19.8 Å². The standard InChI is InChI=1S/C32H30ClN5O3/c33-27-10-4-9-25(17-27)31(39)38-14-13-29(32(38)40)36-20-28-19-35-22-37(28)21-24-11-12-26(18-34)30(16-24)41-15-5-8-23-6-2-1-3-7-23/h1-4,6-7,9-12,16-17,19,22,29,36H,5,8,13-15,20-21H2/t29-/m1/s1. The lowest BCUT2D eigenvalue weighted by Gasteiger charge is -2.16. The number of halogens is 1. The second-order valence-corrected chi connectivity index (χ2v) is 10.4. The summed E-state index contributed by atoms with van der Waals surface area (Å²) in [6.07, 6.45) is 5.77. The molecule has 1 aliphatic rings. The molecule has 2 amide bonds. The second-order valence-electron chi connectivity index (χ2n) is 9.92. The molecular formula is C32H30ClN5O3. The van der Waals surface area contributed by atoms with Crippen LogP contribution in [0.2, 0.25) is 5.02 Å². The van der Waals surface area contributed by atoms with Crippen molar-refractivity contribution in [3.8, 4) is 11.8 Å². The highest BCUT2D eigenvalue weighted by Crippen LogP contribution is 2.22. The van der Waals surface area contributed by atoms with Crippen LogP contribution in [0, 0.1) is 11.3 Å². The number of nitrogens with one attached hydrogen (secondary N) is 1. The molecule has 0 bridgehead atoms. The molecule has 1 aromatic heterocycles. The first-order valence-corrected chi connectivity index (χ1v) is 13.9. The average Bonchev–Trinajstić information content (AvgIpc) is 3.59. The molecular weight excluding hydrogens is 538 g/mol. The lowest BCUT2D eigenvalue weighted by molar-refractivity contribution is -0.127. The van der Waals surface area contributed by atoms with Crippen LogP contribution in [0.3, 0.4) is 0 Å². The summed E-state index contributed by atoms with van der Waals surface area (Å²) in [6.45, 7) is 1.80. The number of nitriles is 1. The van der Waals surface area contributed by atoms with Crippen molar-refractivity contribution < 1.29 is 14.3 Å². The van der Waals surface area contributed by atoms with Crippen molar-refractivity contribution in [2.24, 2.45) is 0 Å². The van der Waals surface area contributed by atoms with Crippen molar-refractivity contribution in [3.63, 3.8) is 0 Å². The van der Waals surface area contributed by atoms with Gasteiger partial charge in [0.1, 0.15) is 11.8 Å². The van der Waals surface area contributed by atoms with E-state index < -0.39 is 6.04 Å². The van der Waals surface area contributed by atoms with Gasteiger partial charge in [-0.2, -0.15) is 5.26 Å². The van der Waals surface area contributed by atoms with E-state index in [2.05, 4.69) is 28.5 Å². The monoisotopic (exact) mass is 567 g/mol. The fraction of sp³-hybridized carbons (Fsp3) is 0.250. The van der Waals surface area contributed by atoms with E-state index in [4.69, 9.17) is 16.3 Å². The minimum Gasteiger partial charge on any atom is -0.492 e. The van der Waals surface area contributed by atoms with Crippen molar-refractivity contribution in [2.45, 2.75) is 38.4 Å². The minimum absolute atomic E-state index is 0.248. The second kappa shape index (κ2) is 13.3. The van der Waals surface area contributed by atoms with Gasteiger partial charge >= 0.3 is 0 Å². The number of ether oxygens (including phenoxy) is 1. The molecule has 0 unspecified atom stereocenters. The third kappa shape index (κ3) is 7.01. The van der Waals surface area contributed by atoms with E-state index in [9.17, 15) is 14.9 Å². The van der Waals surface area contributed by atoms with Crippen LogP contribution < -0.4 is 10.1 Å². The lowest BCUT2D eigenvalue weighted by atomic mass is 10.1. The summed E-state index contributed by atoms with van der Waals surface area (Å²) in [5.74, 6) is -0.0215. The maximum Gasteiger partial charge on any atom is 0.260 e. The maximum absolute atomic E-state index is 13.0. The molecule has 1 atom stereocenters. The van der Waals surface area contributed by atoms with Gasteiger partial charge in [0.2, 0.25) is 5.91 Å². The van der Waals surface area contributed by atoms with Gasteiger partial charge in [-0.05, 0) is 60.7 Å². The number of rotatable bonds is 11. The fourth-order valence-electron chi connectivity index (χ4n) is 4.89. The number of nitrogens with zero attached hydrogens (tertiary/aromatic N) is 4. The molecule has 1 fully saturated rings. The average molecular weight is 568 g/mol. The summed E-state index contributed by atoms with van der Waals surface area (Å²) < 4.78 is 7.99. The van der Waals surface area contributed by atoms with E-state index in [0.717, 1.165) is 24.1 Å². The van der Waals surface area contributed by atoms with Gasteiger partial charge in [0, 0.05) is 36.4 Å². The smallest absolute Gasteiger partial charge is 0.260 e. The molecule has 2 heterocycles. The van der Waals surface area contributed by atoms with Crippen LogP contribution >= 0.6 is 11.6 Å². The van der Waals surface area contributed by atoms with Gasteiger partial charge in [0.15, 0.2) is 0 Å². The number of hydrogen-bond donors (Lipinski definition) is 1. The van der Waals surface area contributed by atoms with Crippen LogP contribution in [0.25, 0.3) is 0 Å². The Bertz CT molecular complexity index is 1560. The number of hydrogen-bond acceptors (Lipinski definition) is 6. The Kier molecular flexibility index (Phi) is 9.09. The molecule has 1 saturated heterocycles. The predicted octanol–water partition coefficient (Wildman–Crippen LogP) is 5.00. The van der Waals surface area contributed by atoms with Crippen molar-refractivity contribution >= 4 is 23.4 Å². The number of carbonyl (C=O) groups is 2. The van der Waals surface area contributed by atoms with Crippen LogP contribution in [0.1, 0.15) is 45.6 Å². The van der Waals surface area contributed by atoms with Crippen LogP contribution in [0.4, 0.5) is 0 Å². The number of carbonyl (C=O) groups excluding carboxylic acids is 2. The van der Waals surface area contributed by atoms with E-state index in [1.54, 1.807) is 42.9 Å². The molecule has 3 aromatic carbocycles. The van der Waals surface area contributed by atoms with E-state index in [-0.39, 0.29) is 11.8 Å². The molecule has 5 rings (SSSR count). The Labute approximate surface area is 244 Å². The van der Waals surface area contributed by atoms with Gasteiger partial charge in [-0.3, -0.25) is 14.5 Å². The number of benzene rings is 3. The van der Waals surface area contributed by atoms with Crippen molar-refractivity contribution in [2.75, 3.05) is 13.2 Å². The Morgan fingerprint density at radius 1 is 1.10 bits per heavy atom. The number of aromatic nitrogens is 2. The molecule has 0 spiro atoms. The minimum atomic E-state index is -0.465. The summed E-state index contributed by atoms with van der Waals surface area (Å²) in [5, 5.41) is 13.3. The van der Waals surface area contributed by atoms with Crippen molar-refractivity contribution in [3.05, 3.63) is 118 Å². The van der Waals surface area contributed by atoms with Gasteiger partial charge in [0.25, 0.3) is 5.91 Å². The summed E-state index contributed by atoms with van der Waals surface area (Å²) in [5.41, 5.74) is 4.01. The molecule has 41 heavy (non-hydrogen) atoms. The molecule has 1 aliphatic heterocycles. The zero-order valence-electron chi connectivity index (χ0n) is 22.5. The maximum atomic E-state index is 13.0. The third-order valence-electron chi connectivity index (χ3n) is 7.08. The van der Waals surface area contributed by atoms with E-state index in [1.165, 1.54) is 10.5 Å². The first-order chi connectivity index (χ1) is 20.0. The molecule has 8 nitrogen and oxygen atoms in total. The summed E-state index contributed by atoms with van der Waals surface area (Å²) in [7, 11) is 0. The molecule has 208 valence electrons. The molecule has 0 saturated carbocycles. The van der Waals surface area contributed by atoms with Crippen molar-refractivity contribution in [1.29, 1.82) is 5.26 Å². The third-order valence-corrected chi connectivity index (χ3v) is 7.31. The number of amides is 2. The normalized spacial score (nSPS) is 14.7. The van der Waals surface area contributed by atoms with Crippen LogP contribution in [-0.2, 0) is 24.3 Å². The van der Waals surface area contributed by atoms with E-state index >= 15 is 0 Å². The Morgan fingerprint density at radius 3 is 2.76 bits per heavy atom. The SMILES string of the molecule is N#Cc1ccc(Cn2cncc2CN[C@@H]2CCN(C(=O)c3cccc(Cl)c3)C2=O)cc1OCCCc1ccccc1. The van der Waals surface area contributed by atoms with E-state index in [0.29, 0.717) is 54.6 Å². The molecule has 0 radical (unpaired) electrons. The quantitative estimate of drug-likeness (QED) is 0.202. The number of imidazole rings is 1. The lowest BCUT2D eigenvalue weighted by Crippen LogP contribution is -2.40. The Hall–Kier alpha value is -4.45. The molecule has 9 heteroatoms. The van der Waals surface area contributed by atoms with Crippen LogP contribution in [0.15, 0.2) is 85.3 Å². The van der Waals surface area contributed by atoms with Gasteiger partial charge < -0.3 is 14.6 Å². The number of imide groups is 1. The molecule has 1 N–H and O–H groups in total. The van der Waals surface area contributed by atoms with E-state index in [1.807, 2.05) is 34.9 Å². The number of aryl methyl sites for hydroxylation is 1. The highest BCUT2D eigenvalue weighted by Gasteiger charge is 2.35. The zero-order valence-corrected chi connectivity index (χ0v) is 23.3. The number of likely N-dealkylation sites (tertiary alicyclic amines) is 1. The van der Waals surface area contributed by atoms with Crippen LogP contribution in [-0.4, -0.2) is 45.5 Å². The predicted molar refractivity (Wildman–Crippen MR) is 155 cm³/mol. The van der Waals surface area contributed by atoms with Gasteiger partial charge in [-0.25, -0.2) is 4.98 Å². The molecule has 4 aromatic rings.